The zero-order valence-corrected chi connectivity index (χ0v) is 16.4. The number of piperidine rings is 1. The zero-order valence-electron chi connectivity index (χ0n) is 16.4. The van der Waals surface area contributed by atoms with Crippen molar-refractivity contribution >= 4 is 23.6 Å². The number of carbonyl (C=O) groups excluding carboxylic acids is 4. The summed E-state index contributed by atoms with van der Waals surface area (Å²) in [5, 5.41) is 5.47. The fourth-order valence-corrected chi connectivity index (χ4v) is 4.16. The summed E-state index contributed by atoms with van der Waals surface area (Å²) in [6, 6.07) is 4.32. The Bertz CT molecular complexity index is 923. The summed E-state index contributed by atoms with van der Waals surface area (Å²) < 4.78 is 0. The summed E-state index contributed by atoms with van der Waals surface area (Å²) in [6.07, 6.45) is 4.56. The van der Waals surface area contributed by atoms with E-state index in [1.165, 1.54) is 5.57 Å². The maximum atomic E-state index is 12.9. The SMILES string of the molecule is CN(CC1=CNCCC1)Cc1ccc2c(c1)C(=O)N(C1CCC(=O)NC1=O)C2=O. The third-order valence-corrected chi connectivity index (χ3v) is 5.55. The van der Waals surface area contributed by atoms with Crippen molar-refractivity contribution in [3.63, 3.8) is 0 Å². The van der Waals surface area contributed by atoms with Gasteiger partial charge in [0.25, 0.3) is 11.8 Å². The van der Waals surface area contributed by atoms with Gasteiger partial charge in [0, 0.05) is 26.1 Å². The highest BCUT2D eigenvalue weighted by atomic mass is 16.2. The molecule has 0 aliphatic carbocycles. The van der Waals surface area contributed by atoms with E-state index >= 15 is 0 Å². The van der Waals surface area contributed by atoms with Gasteiger partial charge in [0.05, 0.1) is 11.1 Å². The van der Waals surface area contributed by atoms with Crippen LogP contribution in [0.3, 0.4) is 0 Å². The average molecular weight is 396 g/mol. The van der Waals surface area contributed by atoms with Gasteiger partial charge >= 0.3 is 0 Å². The second kappa shape index (κ2) is 7.79. The fraction of sp³-hybridized carbons (Fsp3) is 0.429. The fourth-order valence-electron chi connectivity index (χ4n) is 4.16. The molecule has 8 nitrogen and oxygen atoms in total. The van der Waals surface area contributed by atoms with Crippen LogP contribution in [0, 0.1) is 0 Å². The molecule has 1 unspecified atom stereocenters. The van der Waals surface area contributed by atoms with Crippen LogP contribution in [-0.4, -0.2) is 59.6 Å². The lowest BCUT2D eigenvalue weighted by Gasteiger charge is -2.27. The van der Waals surface area contributed by atoms with Gasteiger partial charge in [0.15, 0.2) is 0 Å². The van der Waals surface area contributed by atoms with Gasteiger partial charge in [-0.3, -0.25) is 34.3 Å². The minimum atomic E-state index is -0.933. The lowest BCUT2D eigenvalue weighted by atomic mass is 10.0. The van der Waals surface area contributed by atoms with Crippen LogP contribution in [0.2, 0.25) is 0 Å². The summed E-state index contributed by atoms with van der Waals surface area (Å²) in [6.45, 7) is 2.49. The predicted octanol–water partition coefficient (Wildman–Crippen LogP) is 0.787. The summed E-state index contributed by atoms with van der Waals surface area (Å²) >= 11 is 0. The number of likely N-dealkylation sites (N-methyl/N-ethyl adjacent to an activating group) is 1. The number of rotatable bonds is 5. The molecule has 1 aromatic rings. The molecule has 0 radical (unpaired) electrons. The highest BCUT2D eigenvalue weighted by molar-refractivity contribution is 6.23. The van der Waals surface area contributed by atoms with Gasteiger partial charge in [0.1, 0.15) is 6.04 Å². The van der Waals surface area contributed by atoms with E-state index in [-0.39, 0.29) is 18.7 Å². The molecule has 0 aromatic heterocycles. The number of hydrogen-bond acceptors (Lipinski definition) is 6. The van der Waals surface area contributed by atoms with Crippen LogP contribution in [0.1, 0.15) is 52.0 Å². The molecule has 1 saturated heterocycles. The Balaban J connectivity index is 1.49. The Hall–Kier alpha value is -3.00. The molecule has 0 bridgehead atoms. The van der Waals surface area contributed by atoms with Crippen LogP contribution in [0.25, 0.3) is 0 Å². The van der Waals surface area contributed by atoms with Crippen molar-refractivity contribution in [2.45, 2.75) is 38.3 Å². The number of amides is 4. The van der Waals surface area contributed by atoms with E-state index in [1.54, 1.807) is 12.1 Å². The molecule has 8 heteroatoms. The Morgan fingerprint density at radius 2 is 1.86 bits per heavy atom. The number of carbonyl (C=O) groups is 4. The Morgan fingerprint density at radius 1 is 1.07 bits per heavy atom. The van der Waals surface area contributed by atoms with Crippen molar-refractivity contribution in [3.05, 3.63) is 46.7 Å². The summed E-state index contributed by atoms with van der Waals surface area (Å²) in [4.78, 5) is 52.3. The van der Waals surface area contributed by atoms with Gasteiger partial charge in [-0.15, -0.1) is 0 Å². The van der Waals surface area contributed by atoms with Crippen LogP contribution in [0.15, 0.2) is 30.0 Å². The van der Waals surface area contributed by atoms with Gasteiger partial charge in [-0.05, 0) is 55.8 Å². The predicted molar refractivity (Wildman–Crippen MR) is 105 cm³/mol. The van der Waals surface area contributed by atoms with Crippen LogP contribution in [0.4, 0.5) is 0 Å². The van der Waals surface area contributed by atoms with E-state index in [4.69, 9.17) is 0 Å². The van der Waals surface area contributed by atoms with Crippen LogP contribution >= 0.6 is 0 Å². The Labute approximate surface area is 168 Å². The van der Waals surface area contributed by atoms with Crippen LogP contribution in [0.5, 0.6) is 0 Å². The first-order chi connectivity index (χ1) is 13.9. The summed E-state index contributed by atoms with van der Waals surface area (Å²) in [7, 11) is 2.02. The molecule has 4 amide bonds. The molecule has 3 aliphatic rings. The minimum absolute atomic E-state index is 0.116. The number of nitrogens with one attached hydrogen (secondary N) is 2. The van der Waals surface area contributed by atoms with Gasteiger partial charge in [-0.2, -0.15) is 0 Å². The van der Waals surface area contributed by atoms with E-state index in [0.717, 1.165) is 36.4 Å². The second-order valence-corrected chi connectivity index (χ2v) is 7.86. The quantitative estimate of drug-likeness (QED) is 0.714. The van der Waals surface area contributed by atoms with Gasteiger partial charge < -0.3 is 5.32 Å². The molecule has 1 aromatic carbocycles. The first-order valence-electron chi connectivity index (χ1n) is 9.88. The maximum Gasteiger partial charge on any atom is 0.262 e. The van der Waals surface area contributed by atoms with Crippen molar-refractivity contribution in [2.24, 2.45) is 0 Å². The lowest BCUT2D eigenvalue weighted by Crippen LogP contribution is -2.54. The van der Waals surface area contributed by atoms with E-state index in [2.05, 4.69) is 21.7 Å². The van der Waals surface area contributed by atoms with E-state index in [0.29, 0.717) is 17.7 Å². The molecule has 152 valence electrons. The molecule has 3 heterocycles. The highest BCUT2D eigenvalue weighted by Crippen LogP contribution is 2.28. The summed E-state index contributed by atoms with van der Waals surface area (Å²) in [5.41, 5.74) is 2.91. The van der Waals surface area contributed by atoms with Crippen molar-refractivity contribution in [1.29, 1.82) is 0 Å². The first kappa shape index (κ1) is 19.3. The molecular formula is C21H24N4O4. The second-order valence-electron chi connectivity index (χ2n) is 7.86. The monoisotopic (exact) mass is 396 g/mol. The van der Waals surface area contributed by atoms with Crippen molar-refractivity contribution in [3.8, 4) is 0 Å². The number of nitrogens with zero attached hydrogens (tertiary/aromatic N) is 2. The van der Waals surface area contributed by atoms with Gasteiger partial charge in [-0.1, -0.05) is 6.07 Å². The van der Waals surface area contributed by atoms with Crippen molar-refractivity contribution < 1.29 is 19.2 Å². The minimum Gasteiger partial charge on any atom is -0.391 e. The zero-order chi connectivity index (χ0) is 20.5. The Kier molecular flexibility index (Phi) is 5.19. The first-order valence-corrected chi connectivity index (χ1v) is 9.88. The maximum absolute atomic E-state index is 12.9. The van der Waals surface area contributed by atoms with Gasteiger partial charge in [-0.25, -0.2) is 0 Å². The van der Waals surface area contributed by atoms with E-state index in [1.807, 2.05) is 13.1 Å². The lowest BCUT2D eigenvalue weighted by molar-refractivity contribution is -0.136. The van der Waals surface area contributed by atoms with Crippen molar-refractivity contribution in [2.75, 3.05) is 20.1 Å². The third-order valence-electron chi connectivity index (χ3n) is 5.55. The van der Waals surface area contributed by atoms with Crippen LogP contribution < -0.4 is 10.6 Å². The summed E-state index contributed by atoms with van der Waals surface area (Å²) in [5.74, 6) is -1.91. The molecule has 4 rings (SSSR count). The molecule has 0 spiro atoms. The molecule has 29 heavy (non-hydrogen) atoms. The molecule has 1 atom stereocenters. The smallest absolute Gasteiger partial charge is 0.262 e. The number of imide groups is 2. The number of hydrogen-bond donors (Lipinski definition) is 2. The van der Waals surface area contributed by atoms with Crippen molar-refractivity contribution in [1.82, 2.24) is 20.4 Å². The Morgan fingerprint density at radius 3 is 2.59 bits per heavy atom. The van der Waals surface area contributed by atoms with Gasteiger partial charge in [0.2, 0.25) is 11.8 Å². The van der Waals surface area contributed by atoms with E-state index < -0.39 is 23.8 Å². The molecule has 1 fully saturated rings. The van der Waals surface area contributed by atoms with E-state index in [9.17, 15) is 19.2 Å². The molecule has 0 saturated carbocycles. The molecule has 3 aliphatic heterocycles. The number of benzene rings is 1. The largest absolute Gasteiger partial charge is 0.391 e. The number of fused-ring (bicyclic) bond motifs is 1. The molecule has 2 N–H and O–H groups in total. The standard InChI is InChI=1S/C21H24N4O4/c1-24(12-14-3-2-8-22-10-14)11-13-4-5-15-16(9-13)21(29)25(20(15)28)17-6-7-18(26)23-19(17)27/h4-5,9-10,17,22H,2-3,6-8,11-12H2,1H3,(H,23,26,27). The van der Waals surface area contributed by atoms with Crippen LogP contribution in [-0.2, 0) is 16.1 Å². The topological polar surface area (TPSA) is 98.8 Å². The highest BCUT2D eigenvalue weighted by Gasteiger charge is 2.44. The molecular weight excluding hydrogens is 372 g/mol. The third kappa shape index (κ3) is 3.80. The average Bonchev–Trinajstić information content (AvgIpc) is 2.93. The normalized spacial score (nSPS) is 21.8.